The monoisotopic (exact) mass is 583 g/mol. The van der Waals surface area contributed by atoms with Crippen LogP contribution >= 0.6 is 11.6 Å². The maximum absolute atomic E-state index is 14.2. The number of halogens is 1. The number of carbonyl (C=O) groups is 2. The molecule has 40 heavy (non-hydrogen) atoms. The summed E-state index contributed by atoms with van der Waals surface area (Å²) in [5.74, 6) is -0.798. The molecule has 0 radical (unpaired) electrons. The first-order chi connectivity index (χ1) is 19.0. The predicted octanol–water partition coefficient (Wildman–Crippen LogP) is 5.87. The van der Waals surface area contributed by atoms with Gasteiger partial charge in [0.2, 0.25) is 11.8 Å². The number of nitrogens with zero attached hydrogens (tertiary/aromatic N) is 2. The summed E-state index contributed by atoms with van der Waals surface area (Å²) in [6.07, 6.45) is 1.07. The summed E-state index contributed by atoms with van der Waals surface area (Å²) >= 11 is 6.45. The van der Waals surface area contributed by atoms with Gasteiger partial charge in [-0.3, -0.25) is 13.9 Å². The molecule has 2 amide bonds. The quantitative estimate of drug-likeness (QED) is 0.289. The molecule has 3 rings (SSSR count). The Balaban J connectivity index is 2.10. The van der Waals surface area contributed by atoms with Gasteiger partial charge in [-0.25, -0.2) is 8.42 Å². The van der Waals surface area contributed by atoms with Crippen LogP contribution in [0.3, 0.4) is 0 Å². The second-order valence-electron chi connectivity index (χ2n) is 9.97. The van der Waals surface area contributed by atoms with Gasteiger partial charge in [0.15, 0.2) is 0 Å². The van der Waals surface area contributed by atoms with E-state index in [0.717, 1.165) is 16.3 Å². The zero-order valence-electron chi connectivity index (χ0n) is 23.7. The van der Waals surface area contributed by atoms with E-state index in [1.165, 1.54) is 17.0 Å². The minimum atomic E-state index is -4.12. The van der Waals surface area contributed by atoms with Gasteiger partial charge in [-0.15, -0.1) is 0 Å². The first-order valence-corrected chi connectivity index (χ1v) is 15.3. The highest BCUT2D eigenvalue weighted by molar-refractivity contribution is 7.92. The van der Waals surface area contributed by atoms with Crippen LogP contribution in [0.4, 0.5) is 5.69 Å². The van der Waals surface area contributed by atoms with E-state index < -0.39 is 28.5 Å². The van der Waals surface area contributed by atoms with Crippen LogP contribution in [0.5, 0.6) is 0 Å². The van der Waals surface area contributed by atoms with Crippen molar-refractivity contribution in [1.82, 2.24) is 10.2 Å². The number of hydrogen-bond acceptors (Lipinski definition) is 4. The van der Waals surface area contributed by atoms with Gasteiger partial charge >= 0.3 is 0 Å². The number of carbonyl (C=O) groups excluding carboxylic acids is 2. The van der Waals surface area contributed by atoms with Gasteiger partial charge in [0.1, 0.15) is 12.6 Å². The molecule has 7 nitrogen and oxygen atoms in total. The van der Waals surface area contributed by atoms with Crippen molar-refractivity contribution in [3.63, 3.8) is 0 Å². The minimum absolute atomic E-state index is 0.0525. The van der Waals surface area contributed by atoms with Crippen LogP contribution in [0.1, 0.15) is 50.3 Å². The van der Waals surface area contributed by atoms with Crippen LogP contribution in [0, 0.1) is 13.8 Å². The average Bonchev–Trinajstić information content (AvgIpc) is 2.94. The Hall–Kier alpha value is -3.36. The molecule has 1 N–H and O–H groups in total. The minimum Gasteiger partial charge on any atom is -0.352 e. The average molecular weight is 584 g/mol. The lowest BCUT2D eigenvalue weighted by Gasteiger charge is -2.34. The highest BCUT2D eigenvalue weighted by Gasteiger charge is 2.34. The summed E-state index contributed by atoms with van der Waals surface area (Å²) in [5.41, 5.74) is 2.63. The predicted molar refractivity (Wildman–Crippen MR) is 161 cm³/mol. The SMILES string of the molecule is CC[C@H](C(=O)N[C@@H](C)CC)N(Cc1ccccc1Cl)C(=O)CN(c1cc(C)ccc1C)S(=O)(=O)c1ccccc1. The van der Waals surface area contributed by atoms with E-state index in [1.807, 2.05) is 52.8 Å². The lowest BCUT2D eigenvalue weighted by molar-refractivity contribution is -0.140. The molecule has 3 aromatic carbocycles. The van der Waals surface area contributed by atoms with Crippen molar-refractivity contribution in [3.8, 4) is 0 Å². The summed E-state index contributed by atoms with van der Waals surface area (Å²) < 4.78 is 29.1. The van der Waals surface area contributed by atoms with E-state index in [2.05, 4.69) is 5.32 Å². The van der Waals surface area contributed by atoms with Gasteiger partial charge < -0.3 is 10.2 Å². The van der Waals surface area contributed by atoms with Gasteiger partial charge in [-0.2, -0.15) is 0 Å². The van der Waals surface area contributed by atoms with E-state index >= 15 is 0 Å². The topological polar surface area (TPSA) is 86.8 Å². The lowest BCUT2D eigenvalue weighted by Crippen LogP contribution is -2.53. The fourth-order valence-electron chi connectivity index (χ4n) is 4.39. The Labute approximate surface area is 243 Å². The number of anilines is 1. The van der Waals surface area contributed by atoms with Crippen LogP contribution in [-0.2, 0) is 26.2 Å². The zero-order valence-corrected chi connectivity index (χ0v) is 25.3. The molecule has 0 saturated carbocycles. The van der Waals surface area contributed by atoms with Crippen LogP contribution in [0.2, 0.25) is 5.02 Å². The third-order valence-electron chi connectivity index (χ3n) is 6.93. The third-order valence-corrected chi connectivity index (χ3v) is 9.07. The van der Waals surface area contributed by atoms with Crippen molar-refractivity contribution < 1.29 is 18.0 Å². The van der Waals surface area contributed by atoms with Gasteiger partial charge in [0, 0.05) is 17.6 Å². The third kappa shape index (κ3) is 7.43. The first-order valence-electron chi connectivity index (χ1n) is 13.5. The van der Waals surface area contributed by atoms with Crippen LogP contribution < -0.4 is 9.62 Å². The Kier molecular flexibility index (Phi) is 10.8. The number of sulfonamides is 1. The number of benzene rings is 3. The van der Waals surface area contributed by atoms with E-state index in [1.54, 1.807) is 42.5 Å². The standard InChI is InChI=1S/C31H38ClN3O4S/c1-6-24(5)33-31(37)28(7-2)34(20-25-13-11-12-16-27(25)32)30(36)21-35(29-19-22(3)17-18-23(29)4)40(38,39)26-14-9-8-10-15-26/h8-19,24,28H,6-7,20-21H2,1-5H3,(H,33,37)/t24-,28+/m0/s1. The van der Waals surface area contributed by atoms with Crippen molar-refractivity contribution in [1.29, 1.82) is 0 Å². The first kappa shape index (κ1) is 31.2. The number of rotatable bonds is 12. The van der Waals surface area contributed by atoms with E-state index in [4.69, 9.17) is 11.6 Å². The lowest BCUT2D eigenvalue weighted by atomic mass is 10.1. The van der Waals surface area contributed by atoms with Crippen molar-refractivity contribution in [2.75, 3.05) is 10.8 Å². The van der Waals surface area contributed by atoms with Gasteiger partial charge in [0.25, 0.3) is 10.0 Å². The molecular weight excluding hydrogens is 546 g/mol. The highest BCUT2D eigenvalue weighted by Crippen LogP contribution is 2.29. The fourth-order valence-corrected chi connectivity index (χ4v) is 6.08. The smallest absolute Gasteiger partial charge is 0.264 e. The number of nitrogens with one attached hydrogen (secondary N) is 1. The summed E-state index contributed by atoms with van der Waals surface area (Å²) in [6, 6.07) is 19.7. The molecule has 0 bridgehead atoms. The van der Waals surface area contributed by atoms with Crippen molar-refractivity contribution in [3.05, 3.63) is 94.5 Å². The summed E-state index contributed by atoms with van der Waals surface area (Å²) in [7, 11) is -4.12. The van der Waals surface area contributed by atoms with Crippen molar-refractivity contribution in [2.24, 2.45) is 0 Å². The molecule has 0 aliphatic heterocycles. The molecule has 214 valence electrons. The van der Waals surface area contributed by atoms with E-state index in [9.17, 15) is 18.0 Å². The largest absolute Gasteiger partial charge is 0.352 e. The fraction of sp³-hybridized carbons (Fsp3) is 0.355. The molecule has 0 aromatic heterocycles. The normalized spacial score (nSPS) is 12.8. The second-order valence-corrected chi connectivity index (χ2v) is 12.2. The molecule has 0 heterocycles. The van der Waals surface area contributed by atoms with Crippen LogP contribution in [0.15, 0.2) is 77.7 Å². The van der Waals surface area contributed by atoms with Gasteiger partial charge in [0.05, 0.1) is 10.6 Å². The molecule has 9 heteroatoms. The zero-order chi connectivity index (χ0) is 29.4. The molecular formula is C31H38ClN3O4S. The Morgan fingerprint density at radius 2 is 1.57 bits per heavy atom. The van der Waals surface area contributed by atoms with E-state index in [-0.39, 0.29) is 23.4 Å². The maximum atomic E-state index is 14.2. The Bertz CT molecular complexity index is 1430. The second kappa shape index (κ2) is 13.8. The van der Waals surface area contributed by atoms with Crippen LogP contribution in [0.25, 0.3) is 0 Å². The highest BCUT2D eigenvalue weighted by atomic mass is 35.5. The number of aryl methyl sites for hydroxylation is 2. The van der Waals surface area contributed by atoms with E-state index in [0.29, 0.717) is 28.3 Å². The van der Waals surface area contributed by atoms with Crippen LogP contribution in [-0.4, -0.2) is 43.8 Å². The molecule has 0 aliphatic rings. The Morgan fingerprint density at radius 3 is 2.20 bits per heavy atom. The maximum Gasteiger partial charge on any atom is 0.264 e. The van der Waals surface area contributed by atoms with Gasteiger partial charge in [-0.05, 0) is 74.6 Å². The molecule has 0 unspecified atom stereocenters. The van der Waals surface area contributed by atoms with Crippen molar-refractivity contribution >= 4 is 39.1 Å². The molecule has 0 spiro atoms. The van der Waals surface area contributed by atoms with Gasteiger partial charge in [-0.1, -0.05) is 74.0 Å². The molecule has 0 saturated heterocycles. The molecule has 0 fully saturated rings. The molecule has 2 atom stereocenters. The summed E-state index contributed by atoms with van der Waals surface area (Å²) in [4.78, 5) is 29.1. The Morgan fingerprint density at radius 1 is 0.925 bits per heavy atom. The number of amides is 2. The molecule has 3 aromatic rings. The van der Waals surface area contributed by atoms with Crippen molar-refractivity contribution in [2.45, 2.75) is 71.0 Å². The summed E-state index contributed by atoms with van der Waals surface area (Å²) in [5, 5.41) is 3.44. The number of hydrogen-bond donors (Lipinski definition) is 1. The summed E-state index contributed by atoms with van der Waals surface area (Å²) in [6.45, 7) is 8.94. The molecule has 0 aliphatic carbocycles.